The first-order chi connectivity index (χ1) is 13.5. The Bertz CT molecular complexity index is 841. The average molecular weight is 402 g/mol. The standard InChI is InChI=1S/C21H23FN2O3S/c22-17-4-2-1-3-15(17)11-18-20(26)24(21(27)28-18)8-7-23-19(25)12-16-10-13-5-6-14(16)9-13/h1-4,11,13-14,16H,5-10,12H2,(H,23,25)/b18-11-. The van der Waals surface area contributed by atoms with Crippen molar-refractivity contribution >= 4 is 34.9 Å². The summed E-state index contributed by atoms with van der Waals surface area (Å²) in [5, 5.41) is 2.44. The minimum atomic E-state index is -0.444. The van der Waals surface area contributed by atoms with E-state index in [1.807, 2.05) is 0 Å². The molecule has 3 fully saturated rings. The highest BCUT2D eigenvalue weighted by atomic mass is 32.2. The molecule has 4 rings (SSSR count). The van der Waals surface area contributed by atoms with Gasteiger partial charge in [0.2, 0.25) is 5.91 Å². The molecule has 3 amide bonds. The average Bonchev–Trinajstić information content (AvgIpc) is 3.34. The first-order valence-electron chi connectivity index (χ1n) is 9.78. The van der Waals surface area contributed by atoms with E-state index in [0.717, 1.165) is 29.0 Å². The topological polar surface area (TPSA) is 66.5 Å². The van der Waals surface area contributed by atoms with Crippen LogP contribution in [0.25, 0.3) is 6.08 Å². The van der Waals surface area contributed by atoms with Crippen LogP contribution in [0.5, 0.6) is 0 Å². The monoisotopic (exact) mass is 402 g/mol. The Hall–Kier alpha value is -2.15. The van der Waals surface area contributed by atoms with Crippen molar-refractivity contribution in [3.63, 3.8) is 0 Å². The van der Waals surface area contributed by atoms with Crippen molar-refractivity contribution in [2.24, 2.45) is 17.8 Å². The molecule has 1 aliphatic heterocycles. The molecule has 3 aliphatic rings. The van der Waals surface area contributed by atoms with Gasteiger partial charge in [-0.05, 0) is 60.9 Å². The molecule has 0 radical (unpaired) electrons. The lowest BCUT2D eigenvalue weighted by molar-refractivity contribution is -0.124. The van der Waals surface area contributed by atoms with E-state index in [1.54, 1.807) is 18.2 Å². The lowest BCUT2D eigenvalue weighted by Gasteiger charge is -2.21. The van der Waals surface area contributed by atoms with E-state index in [4.69, 9.17) is 0 Å². The molecule has 2 bridgehead atoms. The summed E-state index contributed by atoms with van der Waals surface area (Å²) in [5.41, 5.74) is 0.271. The SMILES string of the molecule is O=C(CC1CC2CCC1C2)NCCN1C(=O)S/C(=C\c2ccccc2F)C1=O. The van der Waals surface area contributed by atoms with Gasteiger partial charge in [-0.1, -0.05) is 24.6 Å². The van der Waals surface area contributed by atoms with Crippen LogP contribution in [0.4, 0.5) is 9.18 Å². The lowest BCUT2D eigenvalue weighted by atomic mass is 9.86. The highest BCUT2D eigenvalue weighted by Gasteiger charge is 2.40. The van der Waals surface area contributed by atoms with Crippen LogP contribution < -0.4 is 5.32 Å². The summed E-state index contributed by atoms with van der Waals surface area (Å²) in [4.78, 5) is 38.1. The summed E-state index contributed by atoms with van der Waals surface area (Å²) >= 11 is 0.798. The molecule has 1 aromatic rings. The van der Waals surface area contributed by atoms with Crippen molar-refractivity contribution in [3.8, 4) is 0 Å². The second-order valence-electron chi connectivity index (χ2n) is 7.84. The van der Waals surface area contributed by atoms with Crippen molar-refractivity contribution in [1.29, 1.82) is 0 Å². The predicted octanol–water partition coefficient (Wildman–Crippen LogP) is 3.80. The summed E-state index contributed by atoms with van der Waals surface area (Å²) in [5.74, 6) is 1.09. The molecule has 7 heteroatoms. The van der Waals surface area contributed by atoms with E-state index in [0.29, 0.717) is 18.3 Å². The Kier molecular flexibility index (Phi) is 5.53. The summed E-state index contributed by atoms with van der Waals surface area (Å²) < 4.78 is 13.8. The minimum Gasteiger partial charge on any atom is -0.354 e. The molecule has 148 valence electrons. The van der Waals surface area contributed by atoms with Gasteiger partial charge in [-0.2, -0.15) is 0 Å². The molecule has 1 saturated heterocycles. The fourth-order valence-electron chi connectivity index (χ4n) is 4.67. The maximum atomic E-state index is 13.8. The van der Waals surface area contributed by atoms with Crippen molar-refractivity contribution in [3.05, 3.63) is 40.6 Å². The van der Waals surface area contributed by atoms with Crippen LogP contribution in [-0.2, 0) is 9.59 Å². The number of carbonyl (C=O) groups excluding carboxylic acids is 3. The number of carbonyl (C=O) groups is 3. The van der Waals surface area contributed by atoms with Crippen molar-refractivity contribution in [2.75, 3.05) is 13.1 Å². The number of thioether (sulfide) groups is 1. The molecule has 28 heavy (non-hydrogen) atoms. The zero-order chi connectivity index (χ0) is 19.7. The van der Waals surface area contributed by atoms with E-state index >= 15 is 0 Å². The maximum Gasteiger partial charge on any atom is 0.293 e. The number of imide groups is 1. The number of hydrogen-bond donors (Lipinski definition) is 1. The number of nitrogens with zero attached hydrogens (tertiary/aromatic N) is 1. The fourth-order valence-corrected chi connectivity index (χ4v) is 5.53. The molecule has 1 heterocycles. The smallest absolute Gasteiger partial charge is 0.293 e. The number of fused-ring (bicyclic) bond motifs is 2. The molecule has 2 aliphatic carbocycles. The van der Waals surface area contributed by atoms with Crippen LogP contribution in [0.3, 0.4) is 0 Å². The molecule has 3 unspecified atom stereocenters. The molecule has 2 saturated carbocycles. The first-order valence-corrected chi connectivity index (χ1v) is 10.6. The van der Waals surface area contributed by atoms with Crippen LogP contribution in [0.2, 0.25) is 0 Å². The summed E-state index contributed by atoms with van der Waals surface area (Å²) in [6, 6.07) is 6.10. The third kappa shape index (κ3) is 3.99. The molecule has 1 N–H and O–H groups in total. The van der Waals surface area contributed by atoms with Gasteiger partial charge in [-0.15, -0.1) is 0 Å². The minimum absolute atomic E-state index is 0.00794. The number of amides is 3. The molecular weight excluding hydrogens is 379 g/mol. The van der Waals surface area contributed by atoms with Gasteiger partial charge in [-0.3, -0.25) is 19.3 Å². The second kappa shape index (κ2) is 8.07. The molecule has 0 spiro atoms. The van der Waals surface area contributed by atoms with E-state index in [2.05, 4.69) is 5.32 Å². The number of rotatable bonds is 6. The zero-order valence-corrected chi connectivity index (χ0v) is 16.3. The molecule has 1 aromatic carbocycles. The lowest BCUT2D eigenvalue weighted by Crippen LogP contribution is -2.38. The van der Waals surface area contributed by atoms with Crippen molar-refractivity contribution in [2.45, 2.75) is 32.1 Å². The molecule has 5 nitrogen and oxygen atoms in total. The van der Waals surface area contributed by atoms with Gasteiger partial charge in [0.1, 0.15) is 5.82 Å². The molecular formula is C21H23FN2O3S. The third-order valence-corrected chi connectivity index (χ3v) is 6.96. The summed E-state index contributed by atoms with van der Waals surface area (Å²) in [6.45, 7) is 0.367. The largest absolute Gasteiger partial charge is 0.354 e. The van der Waals surface area contributed by atoms with Crippen molar-refractivity contribution in [1.82, 2.24) is 10.2 Å². The van der Waals surface area contributed by atoms with Gasteiger partial charge in [0.05, 0.1) is 4.91 Å². The Balaban J connectivity index is 1.28. The predicted molar refractivity (Wildman–Crippen MR) is 106 cm³/mol. The van der Waals surface area contributed by atoms with Crippen LogP contribution in [0, 0.1) is 23.6 Å². The normalized spacial score (nSPS) is 27.8. The number of nitrogens with one attached hydrogen (secondary N) is 1. The van der Waals surface area contributed by atoms with Gasteiger partial charge in [-0.25, -0.2) is 4.39 Å². The highest BCUT2D eigenvalue weighted by Crippen LogP contribution is 2.49. The quantitative estimate of drug-likeness (QED) is 0.735. The number of halogens is 1. The van der Waals surface area contributed by atoms with Gasteiger partial charge < -0.3 is 5.32 Å². The summed E-state index contributed by atoms with van der Waals surface area (Å²) in [7, 11) is 0. The highest BCUT2D eigenvalue weighted by molar-refractivity contribution is 8.18. The zero-order valence-electron chi connectivity index (χ0n) is 15.5. The van der Waals surface area contributed by atoms with Crippen LogP contribution in [0.15, 0.2) is 29.2 Å². The van der Waals surface area contributed by atoms with Crippen LogP contribution >= 0.6 is 11.8 Å². The Morgan fingerprint density at radius 3 is 2.79 bits per heavy atom. The third-order valence-electron chi connectivity index (χ3n) is 6.06. The van der Waals surface area contributed by atoms with E-state index in [1.165, 1.54) is 31.4 Å². The Morgan fingerprint density at radius 1 is 1.25 bits per heavy atom. The van der Waals surface area contributed by atoms with Gasteiger partial charge in [0.15, 0.2) is 0 Å². The van der Waals surface area contributed by atoms with Gasteiger partial charge in [0.25, 0.3) is 11.1 Å². The molecule has 0 aromatic heterocycles. The van der Waals surface area contributed by atoms with Crippen LogP contribution in [-0.4, -0.2) is 35.0 Å². The number of benzene rings is 1. The molecule has 3 atom stereocenters. The fraction of sp³-hybridized carbons (Fsp3) is 0.476. The Morgan fingerprint density at radius 2 is 2.07 bits per heavy atom. The Labute approximate surface area is 167 Å². The number of hydrogen-bond acceptors (Lipinski definition) is 4. The first kappa shape index (κ1) is 19.2. The second-order valence-corrected chi connectivity index (χ2v) is 8.84. The van der Waals surface area contributed by atoms with Gasteiger partial charge >= 0.3 is 0 Å². The maximum absolute atomic E-state index is 13.8. The van der Waals surface area contributed by atoms with E-state index in [9.17, 15) is 18.8 Å². The van der Waals surface area contributed by atoms with E-state index < -0.39 is 17.0 Å². The van der Waals surface area contributed by atoms with Crippen molar-refractivity contribution < 1.29 is 18.8 Å². The summed E-state index contributed by atoms with van der Waals surface area (Å²) in [6.07, 6.45) is 6.91. The van der Waals surface area contributed by atoms with E-state index in [-0.39, 0.29) is 29.5 Å². The van der Waals surface area contributed by atoms with Crippen LogP contribution in [0.1, 0.15) is 37.7 Å². The van der Waals surface area contributed by atoms with Gasteiger partial charge in [0, 0.05) is 25.1 Å².